The lowest BCUT2D eigenvalue weighted by molar-refractivity contribution is -0.137. The number of allylic oxidation sites excluding steroid dienone is 2. The Bertz CT molecular complexity index is 1410. The molecule has 6 nitrogen and oxygen atoms in total. The van der Waals surface area contributed by atoms with E-state index in [1.165, 1.54) is 0 Å². The molecule has 3 atom stereocenters. The minimum absolute atomic E-state index is 0.0776. The van der Waals surface area contributed by atoms with Crippen LogP contribution in [0.2, 0.25) is 0 Å². The van der Waals surface area contributed by atoms with E-state index in [9.17, 15) is 22.0 Å². The molecule has 1 aliphatic rings. The number of ether oxygens (including phenoxy) is 1. The number of carboxylic acids is 1. The summed E-state index contributed by atoms with van der Waals surface area (Å²) in [5.74, 6) is -3.07. The first-order valence-electron chi connectivity index (χ1n) is 13.3. The Balaban J connectivity index is 1.43. The molecule has 1 saturated carbocycles. The number of aliphatic carboxylic acids is 1. The highest BCUT2D eigenvalue weighted by molar-refractivity contribution is 7.89. The molecule has 9 heteroatoms. The maximum atomic E-state index is 14.3. The summed E-state index contributed by atoms with van der Waals surface area (Å²) in [5, 5.41) is 8.82. The molecular formula is C31H33F2NO5S. The number of halogens is 2. The van der Waals surface area contributed by atoms with Crippen molar-refractivity contribution in [3.05, 3.63) is 102 Å². The normalized spacial score (nSPS) is 19.3. The molecule has 0 aromatic heterocycles. The van der Waals surface area contributed by atoms with E-state index in [1.54, 1.807) is 0 Å². The molecule has 0 amide bonds. The van der Waals surface area contributed by atoms with Crippen molar-refractivity contribution in [1.82, 2.24) is 4.72 Å². The minimum Gasteiger partial charge on any atom is -0.481 e. The standard InChI is InChI=1S/C31H33F2NO5S/c32-25-16-19-30(27(33)20-25)40(37,38)34-28-17-18-29(26(28)10-6-1-2-7-11-31(35)36)39-21-22-12-14-24(15-13-22)23-8-4-3-5-9-23/h1,3-6,8-9,12-16,19-20,26,28-29,34H,2,7,10-11,17-18,21H2,(H,35,36)/b6-1-/t26-,28+,29+/m1/s1. The van der Waals surface area contributed by atoms with Crippen LogP contribution in [0, 0.1) is 17.6 Å². The summed E-state index contributed by atoms with van der Waals surface area (Å²) in [6.07, 6.45) is 6.36. The van der Waals surface area contributed by atoms with E-state index in [0.29, 0.717) is 44.8 Å². The van der Waals surface area contributed by atoms with Gasteiger partial charge < -0.3 is 9.84 Å². The maximum Gasteiger partial charge on any atom is 0.303 e. The summed E-state index contributed by atoms with van der Waals surface area (Å²) in [4.78, 5) is 10.1. The molecule has 0 aliphatic heterocycles. The van der Waals surface area contributed by atoms with Crippen LogP contribution in [0.3, 0.4) is 0 Å². The van der Waals surface area contributed by atoms with Gasteiger partial charge in [-0.15, -0.1) is 0 Å². The van der Waals surface area contributed by atoms with Crippen LogP contribution in [0.1, 0.15) is 44.1 Å². The van der Waals surface area contributed by atoms with Crippen molar-refractivity contribution in [3.63, 3.8) is 0 Å². The average Bonchev–Trinajstić information content (AvgIpc) is 3.30. The number of hydrogen-bond acceptors (Lipinski definition) is 4. The van der Waals surface area contributed by atoms with Gasteiger partial charge in [0.05, 0.1) is 12.7 Å². The molecule has 3 aromatic carbocycles. The molecule has 40 heavy (non-hydrogen) atoms. The molecule has 4 rings (SSSR count). The Morgan fingerprint density at radius 2 is 1.70 bits per heavy atom. The van der Waals surface area contributed by atoms with Gasteiger partial charge in [-0.05, 0) is 60.9 Å². The van der Waals surface area contributed by atoms with Crippen LogP contribution in [0.4, 0.5) is 8.78 Å². The molecule has 1 aliphatic carbocycles. The third-order valence-corrected chi connectivity index (χ3v) is 8.63. The van der Waals surface area contributed by atoms with Gasteiger partial charge in [0.25, 0.3) is 0 Å². The first kappa shape index (κ1) is 29.6. The van der Waals surface area contributed by atoms with Crippen LogP contribution in [-0.2, 0) is 26.2 Å². The molecule has 0 radical (unpaired) electrons. The summed E-state index contributed by atoms with van der Waals surface area (Å²) < 4.78 is 62.5. The topological polar surface area (TPSA) is 92.7 Å². The van der Waals surface area contributed by atoms with Crippen LogP contribution in [0.25, 0.3) is 11.1 Å². The highest BCUT2D eigenvalue weighted by atomic mass is 32.2. The van der Waals surface area contributed by atoms with Crippen LogP contribution < -0.4 is 4.72 Å². The number of nitrogens with one attached hydrogen (secondary N) is 1. The van der Waals surface area contributed by atoms with Crippen molar-refractivity contribution in [3.8, 4) is 11.1 Å². The summed E-state index contributed by atoms with van der Waals surface area (Å²) >= 11 is 0. The fourth-order valence-corrected chi connectivity index (χ4v) is 6.41. The van der Waals surface area contributed by atoms with Crippen LogP contribution >= 0.6 is 0 Å². The number of sulfonamides is 1. The van der Waals surface area contributed by atoms with Crippen molar-refractivity contribution in [2.45, 2.75) is 62.2 Å². The van der Waals surface area contributed by atoms with Gasteiger partial charge in [0, 0.05) is 24.4 Å². The number of rotatable bonds is 13. The number of carbonyl (C=O) groups is 1. The van der Waals surface area contributed by atoms with Crippen molar-refractivity contribution in [2.75, 3.05) is 0 Å². The zero-order chi connectivity index (χ0) is 28.5. The lowest BCUT2D eigenvalue weighted by Gasteiger charge is -2.25. The summed E-state index contributed by atoms with van der Waals surface area (Å²) in [7, 11) is -4.23. The van der Waals surface area contributed by atoms with Crippen LogP contribution in [0.5, 0.6) is 0 Å². The van der Waals surface area contributed by atoms with Gasteiger partial charge in [0.15, 0.2) is 0 Å². The molecule has 0 unspecified atom stereocenters. The van der Waals surface area contributed by atoms with Gasteiger partial charge in [-0.25, -0.2) is 21.9 Å². The number of hydrogen-bond donors (Lipinski definition) is 2. The van der Waals surface area contributed by atoms with Gasteiger partial charge >= 0.3 is 5.97 Å². The van der Waals surface area contributed by atoms with E-state index < -0.39 is 38.6 Å². The monoisotopic (exact) mass is 569 g/mol. The van der Waals surface area contributed by atoms with E-state index in [1.807, 2.05) is 66.7 Å². The fraction of sp³-hybridized carbons (Fsp3) is 0.323. The zero-order valence-corrected chi connectivity index (χ0v) is 22.8. The average molecular weight is 570 g/mol. The van der Waals surface area contributed by atoms with Gasteiger partial charge in [-0.1, -0.05) is 66.7 Å². The largest absolute Gasteiger partial charge is 0.481 e. The number of benzene rings is 3. The van der Waals surface area contributed by atoms with E-state index in [-0.39, 0.29) is 18.4 Å². The molecule has 0 bridgehead atoms. The summed E-state index contributed by atoms with van der Waals surface area (Å²) in [6, 6.07) is 20.0. The first-order chi connectivity index (χ1) is 19.2. The van der Waals surface area contributed by atoms with E-state index >= 15 is 0 Å². The van der Waals surface area contributed by atoms with Crippen LogP contribution in [0.15, 0.2) is 89.8 Å². The second kappa shape index (κ2) is 13.8. The lowest BCUT2D eigenvalue weighted by Crippen LogP contribution is -2.40. The Hall–Kier alpha value is -3.40. The molecular weight excluding hydrogens is 536 g/mol. The second-order valence-electron chi connectivity index (χ2n) is 9.95. The highest BCUT2D eigenvalue weighted by Crippen LogP contribution is 2.34. The van der Waals surface area contributed by atoms with E-state index in [0.717, 1.165) is 28.8 Å². The third-order valence-electron chi connectivity index (χ3n) is 7.11. The zero-order valence-electron chi connectivity index (χ0n) is 22.0. The van der Waals surface area contributed by atoms with Crippen molar-refractivity contribution < 1.29 is 31.8 Å². The third kappa shape index (κ3) is 8.06. The number of carboxylic acid groups (broad SMARTS) is 1. The molecule has 1 fully saturated rings. The maximum absolute atomic E-state index is 14.3. The Kier molecular flexibility index (Phi) is 10.2. The predicted octanol–water partition coefficient (Wildman–Crippen LogP) is 6.48. The molecule has 212 valence electrons. The lowest BCUT2D eigenvalue weighted by atomic mass is 9.97. The second-order valence-corrected chi connectivity index (χ2v) is 11.6. The molecule has 2 N–H and O–H groups in total. The predicted molar refractivity (Wildman–Crippen MR) is 149 cm³/mol. The number of unbranched alkanes of at least 4 members (excludes halogenated alkanes) is 1. The summed E-state index contributed by atoms with van der Waals surface area (Å²) in [5.41, 5.74) is 3.20. The SMILES string of the molecule is O=C(O)CCC/C=C\C[C@@H]1[C@@H](NS(=O)(=O)c2ccc(F)cc2F)CC[C@@H]1OCc1ccc(-c2ccccc2)cc1. The van der Waals surface area contributed by atoms with Gasteiger partial charge in [-0.3, -0.25) is 4.79 Å². The highest BCUT2D eigenvalue weighted by Gasteiger charge is 2.39. The van der Waals surface area contributed by atoms with Crippen molar-refractivity contribution in [1.29, 1.82) is 0 Å². The van der Waals surface area contributed by atoms with Gasteiger partial charge in [0.1, 0.15) is 16.5 Å². The smallest absolute Gasteiger partial charge is 0.303 e. The van der Waals surface area contributed by atoms with Crippen molar-refractivity contribution >= 4 is 16.0 Å². The molecule has 3 aromatic rings. The molecule has 0 heterocycles. The fourth-order valence-electron chi connectivity index (χ4n) is 5.03. The first-order valence-corrected chi connectivity index (χ1v) is 14.8. The van der Waals surface area contributed by atoms with Gasteiger partial charge in [-0.2, -0.15) is 0 Å². The van der Waals surface area contributed by atoms with Crippen LogP contribution in [-0.4, -0.2) is 31.6 Å². The van der Waals surface area contributed by atoms with E-state index in [2.05, 4.69) is 4.72 Å². The van der Waals surface area contributed by atoms with E-state index in [4.69, 9.17) is 9.84 Å². The quantitative estimate of drug-likeness (QED) is 0.182. The Morgan fingerprint density at radius 3 is 2.40 bits per heavy atom. The van der Waals surface area contributed by atoms with Gasteiger partial charge in [0.2, 0.25) is 10.0 Å². The minimum atomic E-state index is -4.23. The Morgan fingerprint density at radius 1 is 0.975 bits per heavy atom. The molecule has 0 spiro atoms. The van der Waals surface area contributed by atoms with Crippen molar-refractivity contribution in [2.24, 2.45) is 5.92 Å². The molecule has 0 saturated heterocycles. The summed E-state index contributed by atoms with van der Waals surface area (Å²) in [6.45, 7) is 0.352. The Labute approximate surface area is 233 Å².